The zero-order chi connectivity index (χ0) is 20.1. The molecule has 1 fully saturated rings. The third-order valence-corrected chi connectivity index (χ3v) is 4.95. The third kappa shape index (κ3) is 4.45. The van der Waals surface area contributed by atoms with Crippen molar-refractivity contribution in [2.24, 2.45) is 0 Å². The minimum Gasteiger partial charge on any atom is -0.419 e. The predicted octanol–water partition coefficient (Wildman–Crippen LogP) is 3.84. The Hall–Kier alpha value is -3.21. The molecule has 4 rings (SSSR count). The molecule has 1 aliphatic heterocycles. The van der Waals surface area contributed by atoms with Crippen LogP contribution in [0.3, 0.4) is 0 Å². The van der Waals surface area contributed by atoms with Gasteiger partial charge in [0.25, 0.3) is 0 Å². The molecule has 148 valence electrons. The summed E-state index contributed by atoms with van der Waals surface area (Å²) in [5, 5.41) is 12.7. The summed E-state index contributed by atoms with van der Waals surface area (Å²) in [5.74, 6) is 0.267. The number of nitrogens with one attached hydrogen (secondary N) is 1. The van der Waals surface area contributed by atoms with Crippen molar-refractivity contribution in [2.45, 2.75) is 6.04 Å². The number of nitriles is 1. The standard InChI is InChI=1S/C22H21FN4O2/c23-18-8-6-17(7-9-18)21-26-19(14-24)22(29-21)25-15-20(16-4-2-1-3-5-16)27-10-12-28-13-11-27/h1-9,20,25H,10-13,15H2. The fourth-order valence-electron chi connectivity index (χ4n) is 3.44. The zero-order valence-corrected chi connectivity index (χ0v) is 15.8. The smallest absolute Gasteiger partial charge is 0.232 e. The summed E-state index contributed by atoms with van der Waals surface area (Å²) in [6, 6.07) is 18.2. The van der Waals surface area contributed by atoms with Crippen molar-refractivity contribution in [3.63, 3.8) is 0 Å². The van der Waals surface area contributed by atoms with Crippen LogP contribution >= 0.6 is 0 Å². The van der Waals surface area contributed by atoms with Gasteiger partial charge >= 0.3 is 0 Å². The van der Waals surface area contributed by atoms with E-state index < -0.39 is 0 Å². The molecule has 0 spiro atoms. The van der Waals surface area contributed by atoms with Gasteiger partial charge in [-0.1, -0.05) is 30.3 Å². The Balaban J connectivity index is 1.55. The summed E-state index contributed by atoms with van der Waals surface area (Å²) in [6.45, 7) is 3.62. The predicted molar refractivity (Wildman–Crippen MR) is 107 cm³/mol. The van der Waals surface area contributed by atoms with Crippen molar-refractivity contribution in [3.05, 3.63) is 71.7 Å². The largest absolute Gasteiger partial charge is 0.419 e. The van der Waals surface area contributed by atoms with Crippen molar-refractivity contribution in [2.75, 3.05) is 38.2 Å². The molecule has 0 saturated carbocycles. The van der Waals surface area contributed by atoms with E-state index >= 15 is 0 Å². The van der Waals surface area contributed by atoms with Crippen molar-refractivity contribution in [1.82, 2.24) is 9.88 Å². The van der Waals surface area contributed by atoms with Crippen LogP contribution < -0.4 is 5.32 Å². The van der Waals surface area contributed by atoms with E-state index in [4.69, 9.17) is 9.15 Å². The maximum Gasteiger partial charge on any atom is 0.232 e. The molecule has 6 nitrogen and oxygen atoms in total. The third-order valence-electron chi connectivity index (χ3n) is 4.95. The first kappa shape index (κ1) is 19.1. The number of ether oxygens (including phenoxy) is 1. The molecule has 7 heteroatoms. The molecule has 29 heavy (non-hydrogen) atoms. The summed E-state index contributed by atoms with van der Waals surface area (Å²) in [4.78, 5) is 6.60. The Kier molecular flexibility index (Phi) is 5.84. The average Bonchev–Trinajstić information content (AvgIpc) is 3.19. The Bertz CT molecular complexity index is 976. The molecule has 1 saturated heterocycles. The van der Waals surface area contributed by atoms with E-state index in [1.165, 1.54) is 17.7 Å². The van der Waals surface area contributed by atoms with E-state index in [0.717, 1.165) is 13.1 Å². The fourth-order valence-corrected chi connectivity index (χ4v) is 3.44. The summed E-state index contributed by atoms with van der Waals surface area (Å²) < 4.78 is 24.5. The van der Waals surface area contributed by atoms with Gasteiger partial charge in [-0.3, -0.25) is 4.90 Å². The van der Waals surface area contributed by atoms with Crippen LogP contribution in [-0.4, -0.2) is 42.7 Å². The average molecular weight is 392 g/mol. The lowest BCUT2D eigenvalue weighted by molar-refractivity contribution is 0.0186. The van der Waals surface area contributed by atoms with E-state index in [1.54, 1.807) is 12.1 Å². The Morgan fingerprint density at radius 1 is 1.10 bits per heavy atom. The highest BCUT2D eigenvalue weighted by Crippen LogP contribution is 2.28. The Morgan fingerprint density at radius 3 is 2.52 bits per heavy atom. The highest BCUT2D eigenvalue weighted by molar-refractivity contribution is 5.58. The minimum atomic E-state index is -0.338. The molecule has 0 aliphatic carbocycles. The lowest BCUT2D eigenvalue weighted by Gasteiger charge is -2.34. The maximum atomic E-state index is 13.2. The van der Waals surface area contributed by atoms with E-state index in [1.807, 2.05) is 18.2 Å². The lowest BCUT2D eigenvalue weighted by atomic mass is 10.0. The van der Waals surface area contributed by atoms with Crippen molar-refractivity contribution in [1.29, 1.82) is 5.26 Å². The highest BCUT2D eigenvalue weighted by atomic mass is 19.1. The number of oxazole rings is 1. The molecule has 2 heterocycles. The van der Waals surface area contributed by atoms with Crippen LogP contribution in [0.25, 0.3) is 11.5 Å². The quantitative estimate of drug-likeness (QED) is 0.687. The van der Waals surface area contributed by atoms with Gasteiger partial charge in [0.2, 0.25) is 17.5 Å². The van der Waals surface area contributed by atoms with Gasteiger partial charge in [-0.05, 0) is 29.8 Å². The van der Waals surface area contributed by atoms with E-state index in [2.05, 4.69) is 33.4 Å². The number of morpholine rings is 1. The Morgan fingerprint density at radius 2 is 1.83 bits per heavy atom. The highest BCUT2D eigenvalue weighted by Gasteiger charge is 2.24. The number of aromatic nitrogens is 1. The minimum absolute atomic E-state index is 0.103. The van der Waals surface area contributed by atoms with Gasteiger partial charge in [0.05, 0.1) is 19.3 Å². The van der Waals surface area contributed by atoms with Gasteiger partial charge in [0, 0.05) is 25.2 Å². The molecular formula is C22H21FN4O2. The van der Waals surface area contributed by atoms with Gasteiger partial charge in [0.15, 0.2) is 0 Å². The van der Waals surface area contributed by atoms with E-state index in [0.29, 0.717) is 31.2 Å². The first-order chi connectivity index (χ1) is 14.2. The van der Waals surface area contributed by atoms with Crippen LogP contribution in [-0.2, 0) is 4.74 Å². The number of hydrogen-bond donors (Lipinski definition) is 1. The SMILES string of the molecule is N#Cc1nc(-c2ccc(F)cc2)oc1NCC(c1ccccc1)N1CCOCC1. The van der Waals surface area contributed by atoms with Crippen molar-refractivity contribution >= 4 is 5.88 Å². The normalized spacial score (nSPS) is 15.6. The number of nitrogens with zero attached hydrogens (tertiary/aromatic N) is 3. The van der Waals surface area contributed by atoms with Crippen LogP contribution in [0, 0.1) is 17.1 Å². The summed E-state index contributed by atoms with van der Waals surface area (Å²) >= 11 is 0. The number of rotatable bonds is 6. The summed E-state index contributed by atoms with van der Waals surface area (Å²) in [7, 11) is 0. The van der Waals surface area contributed by atoms with Gasteiger partial charge in [-0.25, -0.2) is 4.39 Å². The Labute approximate surface area is 168 Å². The molecule has 3 aromatic rings. The number of benzene rings is 2. The van der Waals surface area contributed by atoms with Gasteiger partial charge in [-0.15, -0.1) is 0 Å². The zero-order valence-electron chi connectivity index (χ0n) is 15.8. The van der Waals surface area contributed by atoms with Gasteiger partial charge in [0.1, 0.15) is 11.9 Å². The van der Waals surface area contributed by atoms with Crippen molar-refractivity contribution in [3.8, 4) is 17.5 Å². The van der Waals surface area contributed by atoms with Crippen LogP contribution in [0.5, 0.6) is 0 Å². The first-order valence-electron chi connectivity index (χ1n) is 9.52. The molecule has 2 aromatic carbocycles. The molecule has 1 unspecified atom stereocenters. The monoisotopic (exact) mass is 392 g/mol. The van der Waals surface area contributed by atoms with Crippen molar-refractivity contribution < 1.29 is 13.5 Å². The fraction of sp³-hybridized carbons (Fsp3) is 0.273. The van der Waals surface area contributed by atoms with E-state index in [-0.39, 0.29) is 23.4 Å². The van der Waals surface area contributed by atoms with Crippen LogP contribution in [0.2, 0.25) is 0 Å². The van der Waals surface area contributed by atoms with Crippen LogP contribution in [0.1, 0.15) is 17.3 Å². The molecule has 0 radical (unpaired) electrons. The topological polar surface area (TPSA) is 74.3 Å². The van der Waals surface area contributed by atoms with Crippen LogP contribution in [0.15, 0.2) is 59.0 Å². The number of halogens is 1. The number of hydrogen-bond acceptors (Lipinski definition) is 6. The molecular weight excluding hydrogens is 371 g/mol. The summed E-state index contributed by atoms with van der Waals surface area (Å²) in [5.41, 5.74) is 1.97. The van der Waals surface area contributed by atoms with Gasteiger partial charge < -0.3 is 14.5 Å². The molecule has 1 aliphatic rings. The first-order valence-corrected chi connectivity index (χ1v) is 9.52. The molecule has 1 N–H and O–H groups in total. The lowest BCUT2D eigenvalue weighted by Crippen LogP contribution is -2.41. The second kappa shape index (κ2) is 8.86. The second-order valence-electron chi connectivity index (χ2n) is 6.77. The second-order valence-corrected chi connectivity index (χ2v) is 6.77. The molecule has 1 aromatic heterocycles. The molecule has 1 atom stereocenters. The van der Waals surface area contributed by atoms with E-state index in [9.17, 15) is 9.65 Å². The maximum absolute atomic E-state index is 13.2. The van der Waals surface area contributed by atoms with Crippen LogP contribution in [0.4, 0.5) is 10.3 Å². The summed E-state index contributed by atoms with van der Waals surface area (Å²) in [6.07, 6.45) is 0. The molecule has 0 bridgehead atoms. The number of anilines is 1. The molecule has 0 amide bonds. The van der Waals surface area contributed by atoms with Gasteiger partial charge in [-0.2, -0.15) is 10.2 Å².